The second-order valence-electron chi connectivity index (χ2n) is 9.92. The normalized spacial score (nSPS) is 17.7. The van der Waals surface area contributed by atoms with Gasteiger partial charge in [0.25, 0.3) is 5.91 Å². The Labute approximate surface area is 204 Å². The predicted octanol–water partition coefficient (Wildman–Crippen LogP) is 3.00. The lowest BCUT2D eigenvalue weighted by Gasteiger charge is -2.36. The van der Waals surface area contributed by atoms with Gasteiger partial charge in [-0.15, -0.1) is 11.3 Å². The third kappa shape index (κ3) is 5.11. The van der Waals surface area contributed by atoms with Crippen molar-refractivity contribution in [3.63, 3.8) is 0 Å². The number of hydrogen-bond acceptors (Lipinski definition) is 7. The number of aliphatic imine (C=N–C) groups is 1. The van der Waals surface area contributed by atoms with Gasteiger partial charge < -0.3 is 20.4 Å². The molecule has 2 N–H and O–H groups in total. The number of rotatable bonds is 7. The maximum Gasteiger partial charge on any atom is 0.272 e. The number of anilines is 1. The van der Waals surface area contributed by atoms with Crippen molar-refractivity contribution in [2.75, 3.05) is 24.7 Å². The summed E-state index contributed by atoms with van der Waals surface area (Å²) in [6, 6.07) is 0.122. The first-order valence-corrected chi connectivity index (χ1v) is 12.9. The van der Waals surface area contributed by atoms with E-state index in [0.717, 1.165) is 35.6 Å². The van der Waals surface area contributed by atoms with Crippen LogP contribution in [0, 0.1) is 5.92 Å². The van der Waals surface area contributed by atoms with Gasteiger partial charge >= 0.3 is 0 Å². The van der Waals surface area contributed by atoms with E-state index < -0.39 is 0 Å². The van der Waals surface area contributed by atoms with Gasteiger partial charge in [0, 0.05) is 48.2 Å². The molecular weight excluding hydrogens is 450 g/mol. The molecule has 4 heterocycles. The van der Waals surface area contributed by atoms with E-state index in [0.29, 0.717) is 25.5 Å². The number of nitrogens with one attached hydrogen (secondary N) is 2. The lowest BCUT2D eigenvalue weighted by molar-refractivity contribution is -0.126. The van der Waals surface area contributed by atoms with Crippen molar-refractivity contribution < 1.29 is 9.59 Å². The van der Waals surface area contributed by atoms with E-state index in [2.05, 4.69) is 46.4 Å². The van der Waals surface area contributed by atoms with Gasteiger partial charge in [-0.1, -0.05) is 20.8 Å². The second kappa shape index (κ2) is 9.77. The van der Waals surface area contributed by atoms with Gasteiger partial charge in [-0.25, -0.2) is 4.52 Å². The molecule has 0 aliphatic carbocycles. The fourth-order valence-corrected chi connectivity index (χ4v) is 4.81. The van der Waals surface area contributed by atoms with E-state index in [1.807, 2.05) is 47.1 Å². The van der Waals surface area contributed by atoms with Crippen LogP contribution in [0.25, 0.3) is 4.83 Å². The van der Waals surface area contributed by atoms with Crippen molar-refractivity contribution in [3.05, 3.63) is 29.7 Å². The van der Waals surface area contributed by atoms with Crippen LogP contribution in [0.5, 0.6) is 0 Å². The number of carbonyl (C=O) groups is 2. The molecule has 9 nitrogen and oxygen atoms in total. The average Bonchev–Trinajstić information content (AvgIpc) is 3.43. The van der Waals surface area contributed by atoms with Gasteiger partial charge in [0.05, 0.1) is 6.20 Å². The molecule has 2 amide bonds. The second-order valence-corrected chi connectivity index (χ2v) is 10.8. The number of nitrogens with zero attached hydrogens (tertiary/aromatic N) is 5. The number of hydrogen-bond donors (Lipinski definition) is 2. The van der Waals surface area contributed by atoms with E-state index in [1.54, 1.807) is 11.3 Å². The highest BCUT2D eigenvalue weighted by atomic mass is 32.1. The molecule has 1 fully saturated rings. The molecule has 2 aromatic rings. The molecule has 2 aliphatic heterocycles. The first-order chi connectivity index (χ1) is 16.2. The number of thiazole rings is 1. The Kier molecular flexibility index (Phi) is 6.97. The summed E-state index contributed by atoms with van der Waals surface area (Å²) in [5.41, 5.74) is 1.28. The number of fused-ring (bicyclic) bond motifs is 1. The topological polar surface area (TPSA) is 94.3 Å². The Morgan fingerprint density at radius 2 is 2.00 bits per heavy atom. The monoisotopic (exact) mass is 485 g/mol. The number of piperidine rings is 1. The van der Waals surface area contributed by atoms with Crippen LogP contribution in [0.2, 0.25) is 0 Å². The summed E-state index contributed by atoms with van der Waals surface area (Å²) >= 11 is 1.63. The van der Waals surface area contributed by atoms with Crippen LogP contribution >= 0.6 is 11.3 Å². The van der Waals surface area contributed by atoms with Crippen LogP contribution in [0.1, 0.15) is 53.9 Å². The highest BCUT2D eigenvalue weighted by Crippen LogP contribution is 2.30. The lowest BCUT2D eigenvalue weighted by atomic mass is 10.0. The number of amides is 2. The van der Waals surface area contributed by atoms with Gasteiger partial charge in [-0.2, -0.15) is 5.10 Å². The Balaban J connectivity index is 1.50. The van der Waals surface area contributed by atoms with Crippen LogP contribution in [0.4, 0.5) is 5.69 Å². The Bertz CT molecular complexity index is 1110. The van der Waals surface area contributed by atoms with Crippen molar-refractivity contribution in [1.82, 2.24) is 25.1 Å². The molecule has 1 saturated heterocycles. The smallest absolute Gasteiger partial charge is 0.272 e. The van der Waals surface area contributed by atoms with Crippen LogP contribution in [0.15, 0.2) is 34.7 Å². The number of aromatic nitrogens is 2. The van der Waals surface area contributed by atoms with Crippen molar-refractivity contribution in [3.8, 4) is 0 Å². The molecule has 34 heavy (non-hydrogen) atoms. The fraction of sp³-hybridized carbons (Fsp3) is 0.583. The minimum Gasteiger partial charge on any atom is -0.366 e. The first kappa shape index (κ1) is 24.3. The van der Waals surface area contributed by atoms with Gasteiger partial charge in [-0.05, 0) is 33.1 Å². The van der Waals surface area contributed by atoms with E-state index in [9.17, 15) is 9.59 Å². The van der Waals surface area contributed by atoms with Crippen molar-refractivity contribution in [2.45, 2.75) is 65.5 Å². The molecule has 10 heteroatoms. The highest BCUT2D eigenvalue weighted by Gasteiger charge is 2.31. The van der Waals surface area contributed by atoms with Gasteiger partial charge in [0.2, 0.25) is 5.91 Å². The zero-order valence-corrected chi connectivity index (χ0v) is 21.5. The van der Waals surface area contributed by atoms with Gasteiger partial charge in [0.15, 0.2) is 0 Å². The van der Waals surface area contributed by atoms with Gasteiger partial charge in [-0.3, -0.25) is 14.6 Å². The van der Waals surface area contributed by atoms with E-state index in [-0.39, 0.29) is 29.3 Å². The minimum absolute atomic E-state index is 0.0333. The Hall–Kier alpha value is -2.88. The molecule has 0 spiro atoms. The summed E-state index contributed by atoms with van der Waals surface area (Å²) in [6.45, 7) is 11.8. The summed E-state index contributed by atoms with van der Waals surface area (Å²) < 4.78 is 1.86. The minimum atomic E-state index is -0.149. The third-order valence-electron chi connectivity index (χ3n) is 6.57. The quantitative estimate of drug-likeness (QED) is 0.629. The molecule has 0 aromatic carbocycles. The van der Waals surface area contributed by atoms with Crippen molar-refractivity contribution in [1.29, 1.82) is 0 Å². The third-order valence-corrected chi connectivity index (χ3v) is 7.45. The Morgan fingerprint density at radius 1 is 1.26 bits per heavy atom. The summed E-state index contributed by atoms with van der Waals surface area (Å²) in [5.74, 6) is 0.832. The summed E-state index contributed by atoms with van der Waals surface area (Å²) in [7, 11) is 0. The zero-order valence-electron chi connectivity index (χ0n) is 20.7. The molecular formula is C24H35N7O2S. The van der Waals surface area contributed by atoms with E-state index in [4.69, 9.17) is 0 Å². The maximum absolute atomic E-state index is 13.3. The standard InChI is InChI=1S/C24H35N7O2S/c1-6-24(4,5)28-20-13-18(25-15-30(20)19-14-26-31-11-12-34-23(19)31)22(33)29-9-7-17(8-10-29)27-21(32)16(2)3/h11-14,16-17,28H,6-10,15H2,1-5H3,(H,27,32). The SMILES string of the molecule is CCC(C)(C)NC1=CC(C(=O)N2CCC(NC(=O)C(C)C)CC2)=NCN1c1cnn2ccsc12. The lowest BCUT2D eigenvalue weighted by Crippen LogP contribution is -2.50. The number of carbonyl (C=O) groups excluding carboxylic acids is 2. The molecule has 4 rings (SSSR count). The van der Waals surface area contributed by atoms with Crippen LogP contribution in [-0.4, -0.2) is 63.4 Å². The molecule has 0 saturated carbocycles. The number of likely N-dealkylation sites (tertiary alicyclic amines) is 1. The molecule has 0 radical (unpaired) electrons. The molecule has 0 unspecified atom stereocenters. The predicted molar refractivity (Wildman–Crippen MR) is 136 cm³/mol. The summed E-state index contributed by atoms with van der Waals surface area (Å²) in [6.07, 6.45) is 8.09. The summed E-state index contributed by atoms with van der Waals surface area (Å²) in [5, 5.41) is 13.2. The maximum atomic E-state index is 13.3. The van der Waals surface area contributed by atoms with Crippen LogP contribution < -0.4 is 15.5 Å². The molecule has 2 aliphatic rings. The fourth-order valence-electron chi connectivity index (χ4n) is 4.01. The molecule has 0 bridgehead atoms. The first-order valence-electron chi connectivity index (χ1n) is 12.0. The molecule has 0 atom stereocenters. The molecule has 184 valence electrons. The average molecular weight is 486 g/mol. The van der Waals surface area contributed by atoms with Crippen molar-refractivity contribution in [2.24, 2.45) is 10.9 Å². The largest absolute Gasteiger partial charge is 0.366 e. The van der Waals surface area contributed by atoms with E-state index >= 15 is 0 Å². The zero-order chi connectivity index (χ0) is 24.5. The van der Waals surface area contributed by atoms with Crippen LogP contribution in [0.3, 0.4) is 0 Å². The highest BCUT2D eigenvalue weighted by molar-refractivity contribution is 7.16. The van der Waals surface area contributed by atoms with Gasteiger partial charge in [0.1, 0.15) is 28.7 Å². The van der Waals surface area contributed by atoms with E-state index in [1.165, 1.54) is 0 Å². The Morgan fingerprint density at radius 3 is 2.68 bits per heavy atom. The van der Waals surface area contributed by atoms with Crippen LogP contribution in [-0.2, 0) is 9.59 Å². The van der Waals surface area contributed by atoms with Crippen molar-refractivity contribution >= 4 is 39.4 Å². The summed E-state index contributed by atoms with van der Waals surface area (Å²) in [4.78, 5) is 35.0. The molecule has 2 aromatic heterocycles.